The van der Waals surface area contributed by atoms with Crippen molar-refractivity contribution in [2.45, 2.75) is 91.9 Å². The van der Waals surface area contributed by atoms with Crippen molar-refractivity contribution < 1.29 is 4.79 Å². The molecule has 0 atom stereocenters. The first kappa shape index (κ1) is 22.7. The fourth-order valence-corrected chi connectivity index (χ4v) is 2.23. The van der Waals surface area contributed by atoms with Gasteiger partial charge in [-0.25, -0.2) is 0 Å². The molecule has 2 N–H and O–H groups in total. The molecule has 0 spiro atoms. The van der Waals surface area contributed by atoms with E-state index in [-0.39, 0.29) is 0 Å². The minimum Gasteiger partial charge on any atom is -0.343 e. The molecule has 0 aromatic carbocycles. The van der Waals surface area contributed by atoms with Gasteiger partial charge in [-0.3, -0.25) is 4.79 Å². The van der Waals surface area contributed by atoms with Crippen molar-refractivity contribution in [2.75, 3.05) is 19.6 Å². The normalized spacial score (nSPS) is 9.95. The molecule has 3 heteroatoms. The van der Waals surface area contributed by atoms with Crippen molar-refractivity contribution in [3.8, 4) is 0 Å². The van der Waals surface area contributed by atoms with Crippen LogP contribution in [0.1, 0.15) is 91.9 Å². The van der Waals surface area contributed by atoms with E-state index in [4.69, 9.17) is 5.73 Å². The number of carbonyl (C=O) groups is 1. The van der Waals surface area contributed by atoms with Gasteiger partial charge in [-0.15, -0.1) is 0 Å². The summed E-state index contributed by atoms with van der Waals surface area (Å²) in [6.07, 6.45) is 11.3. The summed E-state index contributed by atoms with van der Waals surface area (Å²) in [6, 6.07) is 0. The molecule has 0 heterocycles. The summed E-state index contributed by atoms with van der Waals surface area (Å²) in [4.78, 5) is 14.2. The van der Waals surface area contributed by atoms with Gasteiger partial charge in [-0.05, 0) is 25.8 Å². The number of nitrogens with two attached hydrogens (primary N) is 1. The number of amides is 1. The quantitative estimate of drug-likeness (QED) is 0.499. The zero-order valence-electron chi connectivity index (χ0n) is 15.1. The van der Waals surface area contributed by atoms with E-state index < -0.39 is 0 Å². The van der Waals surface area contributed by atoms with Crippen molar-refractivity contribution in [1.82, 2.24) is 4.90 Å². The SMILES string of the molecule is CC.CCCCCCN(CCCCCC)C(=O)CCCN. The van der Waals surface area contributed by atoms with Gasteiger partial charge in [0.1, 0.15) is 0 Å². The number of rotatable bonds is 13. The van der Waals surface area contributed by atoms with E-state index in [9.17, 15) is 4.79 Å². The largest absolute Gasteiger partial charge is 0.343 e. The van der Waals surface area contributed by atoms with Crippen LogP contribution in [0.4, 0.5) is 0 Å². The van der Waals surface area contributed by atoms with Gasteiger partial charge in [-0.1, -0.05) is 66.2 Å². The lowest BCUT2D eigenvalue weighted by Crippen LogP contribution is -2.33. The van der Waals surface area contributed by atoms with Crippen LogP contribution < -0.4 is 5.73 Å². The third-order valence-electron chi connectivity index (χ3n) is 3.51. The van der Waals surface area contributed by atoms with Gasteiger partial charge >= 0.3 is 0 Å². The molecule has 0 fully saturated rings. The zero-order chi connectivity index (χ0) is 16.3. The van der Waals surface area contributed by atoms with Gasteiger partial charge in [0.2, 0.25) is 5.91 Å². The molecule has 0 aromatic heterocycles. The first-order valence-corrected chi connectivity index (χ1v) is 9.24. The van der Waals surface area contributed by atoms with Crippen LogP contribution in [0.15, 0.2) is 0 Å². The van der Waals surface area contributed by atoms with Crippen molar-refractivity contribution >= 4 is 5.91 Å². The van der Waals surface area contributed by atoms with E-state index in [0.29, 0.717) is 18.9 Å². The Kier molecular flexibility index (Phi) is 21.0. The Labute approximate surface area is 133 Å². The lowest BCUT2D eigenvalue weighted by Gasteiger charge is -2.23. The van der Waals surface area contributed by atoms with E-state index in [0.717, 1.165) is 32.4 Å². The molecule has 0 saturated heterocycles. The van der Waals surface area contributed by atoms with Gasteiger partial charge in [0.05, 0.1) is 0 Å². The lowest BCUT2D eigenvalue weighted by atomic mass is 10.1. The van der Waals surface area contributed by atoms with Crippen LogP contribution in [0.25, 0.3) is 0 Å². The minimum absolute atomic E-state index is 0.304. The van der Waals surface area contributed by atoms with Crippen LogP contribution in [0.3, 0.4) is 0 Å². The Bertz CT molecular complexity index is 195. The van der Waals surface area contributed by atoms with Crippen LogP contribution >= 0.6 is 0 Å². The van der Waals surface area contributed by atoms with Gasteiger partial charge in [0.25, 0.3) is 0 Å². The number of unbranched alkanes of at least 4 members (excludes halogenated alkanes) is 6. The molecular formula is C18H40N2O. The summed E-state index contributed by atoms with van der Waals surface area (Å²) >= 11 is 0. The van der Waals surface area contributed by atoms with Crippen LogP contribution in [-0.4, -0.2) is 30.4 Å². The second kappa shape index (κ2) is 19.4. The lowest BCUT2D eigenvalue weighted by molar-refractivity contribution is -0.131. The van der Waals surface area contributed by atoms with Crippen molar-refractivity contribution in [2.24, 2.45) is 5.73 Å². The second-order valence-electron chi connectivity index (χ2n) is 5.39. The molecule has 0 radical (unpaired) electrons. The van der Waals surface area contributed by atoms with Gasteiger partial charge < -0.3 is 10.6 Å². The fourth-order valence-electron chi connectivity index (χ4n) is 2.23. The smallest absolute Gasteiger partial charge is 0.222 e. The number of carbonyl (C=O) groups excluding carboxylic acids is 1. The molecule has 0 aliphatic rings. The molecule has 0 aromatic rings. The fraction of sp³-hybridized carbons (Fsp3) is 0.944. The van der Waals surface area contributed by atoms with Crippen LogP contribution in [0.5, 0.6) is 0 Å². The van der Waals surface area contributed by atoms with Crippen molar-refractivity contribution in [1.29, 1.82) is 0 Å². The minimum atomic E-state index is 0.304. The molecule has 0 bridgehead atoms. The molecule has 1 amide bonds. The molecule has 3 nitrogen and oxygen atoms in total. The Balaban J connectivity index is 0. The third kappa shape index (κ3) is 15.6. The number of hydrogen-bond acceptors (Lipinski definition) is 2. The summed E-state index contributed by atoms with van der Waals surface area (Å²) in [5.41, 5.74) is 5.49. The van der Waals surface area contributed by atoms with Crippen molar-refractivity contribution in [3.05, 3.63) is 0 Å². The van der Waals surface area contributed by atoms with Crippen LogP contribution in [0.2, 0.25) is 0 Å². The van der Waals surface area contributed by atoms with E-state index in [2.05, 4.69) is 18.7 Å². The Morgan fingerprint density at radius 2 is 1.29 bits per heavy atom. The first-order chi connectivity index (χ1) is 10.3. The molecule has 0 aliphatic heterocycles. The summed E-state index contributed by atoms with van der Waals surface area (Å²) < 4.78 is 0. The molecule has 0 saturated carbocycles. The van der Waals surface area contributed by atoms with E-state index in [1.165, 1.54) is 38.5 Å². The summed E-state index contributed by atoms with van der Waals surface area (Å²) in [6.45, 7) is 10.9. The molecule has 128 valence electrons. The Morgan fingerprint density at radius 1 is 0.810 bits per heavy atom. The topological polar surface area (TPSA) is 46.3 Å². The van der Waals surface area contributed by atoms with Crippen LogP contribution in [-0.2, 0) is 4.79 Å². The predicted molar refractivity (Wildman–Crippen MR) is 94.5 cm³/mol. The van der Waals surface area contributed by atoms with E-state index in [1.807, 2.05) is 13.8 Å². The zero-order valence-corrected chi connectivity index (χ0v) is 15.1. The maximum Gasteiger partial charge on any atom is 0.222 e. The maximum absolute atomic E-state index is 12.1. The summed E-state index contributed by atoms with van der Waals surface area (Å²) in [7, 11) is 0. The molecule has 0 aliphatic carbocycles. The summed E-state index contributed by atoms with van der Waals surface area (Å²) in [5, 5.41) is 0. The van der Waals surface area contributed by atoms with Gasteiger partial charge in [-0.2, -0.15) is 0 Å². The third-order valence-corrected chi connectivity index (χ3v) is 3.51. The van der Waals surface area contributed by atoms with E-state index >= 15 is 0 Å². The molecule has 21 heavy (non-hydrogen) atoms. The van der Waals surface area contributed by atoms with E-state index in [1.54, 1.807) is 0 Å². The average Bonchev–Trinajstić information content (AvgIpc) is 2.53. The standard InChI is InChI=1S/C16H34N2O.C2H6/c1-3-5-7-9-14-18(15-10-8-6-4-2)16(19)12-11-13-17;1-2/h3-15,17H2,1-2H3;1-2H3. The second-order valence-corrected chi connectivity index (χ2v) is 5.39. The predicted octanol–water partition coefficient (Wildman–Crippen LogP) is 4.74. The summed E-state index contributed by atoms with van der Waals surface area (Å²) in [5.74, 6) is 0.304. The first-order valence-electron chi connectivity index (χ1n) is 9.24. The highest BCUT2D eigenvalue weighted by Crippen LogP contribution is 2.07. The monoisotopic (exact) mass is 300 g/mol. The highest BCUT2D eigenvalue weighted by atomic mass is 16.2. The Hall–Kier alpha value is -0.570. The average molecular weight is 301 g/mol. The number of nitrogens with zero attached hydrogens (tertiary/aromatic N) is 1. The maximum atomic E-state index is 12.1. The number of hydrogen-bond donors (Lipinski definition) is 1. The molecule has 0 unspecified atom stereocenters. The molecular weight excluding hydrogens is 260 g/mol. The Morgan fingerprint density at radius 3 is 1.67 bits per heavy atom. The van der Waals surface area contributed by atoms with Crippen LogP contribution in [0, 0.1) is 0 Å². The molecule has 0 rings (SSSR count). The highest BCUT2D eigenvalue weighted by molar-refractivity contribution is 5.76. The van der Waals surface area contributed by atoms with Gasteiger partial charge in [0.15, 0.2) is 0 Å². The highest BCUT2D eigenvalue weighted by Gasteiger charge is 2.11. The van der Waals surface area contributed by atoms with Gasteiger partial charge in [0, 0.05) is 19.5 Å². The van der Waals surface area contributed by atoms with Crippen molar-refractivity contribution in [3.63, 3.8) is 0 Å².